The molecule has 0 aromatic carbocycles. The zero-order valence-corrected chi connectivity index (χ0v) is 10.9. The fraction of sp³-hybridized carbons (Fsp3) is 0.750. The van der Waals surface area contributed by atoms with Gasteiger partial charge in [-0.05, 0) is 39.0 Å². The van der Waals surface area contributed by atoms with Gasteiger partial charge in [-0.25, -0.2) is 4.98 Å². The third kappa shape index (κ3) is 2.58. The average Bonchev–Trinajstić information content (AvgIpc) is 2.80. The van der Waals surface area contributed by atoms with Crippen molar-refractivity contribution in [3.05, 3.63) is 15.6 Å². The van der Waals surface area contributed by atoms with Crippen LogP contribution in [0.4, 0.5) is 0 Å². The smallest absolute Gasteiger partial charge is 0.0900 e. The molecule has 2 rings (SSSR count). The Hall–Kier alpha value is -0.410. The molecule has 2 nitrogen and oxygen atoms in total. The van der Waals surface area contributed by atoms with Crippen LogP contribution in [0.3, 0.4) is 0 Å². The Kier molecular flexibility index (Phi) is 2.86. The molecule has 1 heterocycles. The molecule has 84 valence electrons. The monoisotopic (exact) mass is 224 g/mol. The topological polar surface area (TPSA) is 24.9 Å². The molecule has 15 heavy (non-hydrogen) atoms. The maximum absolute atomic E-state index is 4.47. The van der Waals surface area contributed by atoms with E-state index in [1.165, 1.54) is 28.4 Å². The first-order chi connectivity index (χ1) is 7.00. The van der Waals surface area contributed by atoms with Crippen LogP contribution in [0.5, 0.6) is 0 Å². The van der Waals surface area contributed by atoms with Gasteiger partial charge in [0.25, 0.3) is 0 Å². The van der Waals surface area contributed by atoms with E-state index >= 15 is 0 Å². The molecule has 1 aliphatic rings. The first-order valence-electron chi connectivity index (χ1n) is 5.67. The zero-order chi connectivity index (χ0) is 11.1. The molecule has 0 radical (unpaired) electrons. The number of aryl methyl sites for hydroxylation is 2. The second-order valence-corrected chi connectivity index (χ2v) is 6.33. The average molecular weight is 224 g/mol. The summed E-state index contributed by atoms with van der Waals surface area (Å²) in [5.74, 6) is 0. The second kappa shape index (κ2) is 3.87. The molecule has 1 aromatic heterocycles. The lowest BCUT2D eigenvalue weighted by atomic mass is 10.1. The van der Waals surface area contributed by atoms with E-state index in [1.807, 2.05) is 11.3 Å². The van der Waals surface area contributed by atoms with Crippen LogP contribution < -0.4 is 5.32 Å². The van der Waals surface area contributed by atoms with Gasteiger partial charge in [0, 0.05) is 17.5 Å². The van der Waals surface area contributed by atoms with Gasteiger partial charge in [0.1, 0.15) is 0 Å². The highest BCUT2D eigenvalue weighted by Crippen LogP contribution is 2.44. The van der Waals surface area contributed by atoms with E-state index in [0.29, 0.717) is 11.5 Å². The highest BCUT2D eigenvalue weighted by Gasteiger charge is 2.37. The predicted molar refractivity (Wildman–Crippen MR) is 65.3 cm³/mol. The van der Waals surface area contributed by atoms with Gasteiger partial charge >= 0.3 is 0 Å². The summed E-state index contributed by atoms with van der Waals surface area (Å²) in [6, 6.07) is 0.452. The van der Waals surface area contributed by atoms with Crippen LogP contribution in [0.1, 0.15) is 48.3 Å². The van der Waals surface area contributed by atoms with Crippen molar-refractivity contribution in [1.29, 1.82) is 0 Å². The minimum atomic E-state index is 0.452. The summed E-state index contributed by atoms with van der Waals surface area (Å²) >= 11 is 1.82. The minimum absolute atomic E-state index is 0.452. The highest BCUT2D eigenvalue weighted by molar-refractivity contribution is 7.11. The summed E-state index contributed by atoms with van der Waals surface area (Å²) in [5, 5.41) is 4.80. The molecule has 0 aliphatic heterocycles. The summed E-state index contributed by atoms with van der Waals surface area (Å²) in [7, 11) is 0. The van der Waals surface area contributed by atoms with E-state index in [0.717, 1.165) is 6.54 Å². The fourth-order valence-electron chi connectivity index (χ4n) is 1.83. The lowest BCUT2D eigenvalue weighted by Crippen LogP contribution is -2.25. The van der Waals surface area contributed by atoms with E-state index in [9.17, 15) is 0 Å². The third-order valence-electron chi connectivity index (χ3n) is 3.27. The molecule has 1 saturated carbocycles. The molecule has 0 bridgehead atoms. The number of rotatable bonds is 4. The molecule has 1 fully saturated rings. The van der Waals surface area contributed by atoms with E-state index in [4.69, 9.17) is 0 Å². The van der Waals surface area contributed by atoms with Gasteiger partial charge < -0.3 is 5.32 Å². The summed E-state index contributed by atoms with van der Waals surface area (Å²) < 4.78 is 0. The largest absolute Gasteiger partial charge is 0.309 e. The Morgan fingerprint density at radius 2 is 2.13 bits per heavy atom. The molecule has 3 heteroatoms. The number of hydrogen-bond donors (Lipinski definition) is 1. The van der Waals surface area contributed by atoms with Crippen LogP contribution in [-0.4, -0.2) is 11.5 Å². The van der Waals surface area contributed by atoms with Crippen molar-refractivity contribution >= 4 is 11.3 Å². The van der Waals surface area contributed by atoms with E-state index < -0.39 is 0 Å². The summed E-state index contributed by atoms with van der Waals surface area (Å²) in [6.45, 7) is 9.93. The number of hydrogen-bond acceptors (Lipinski definition) is 3. The Morgan fingerprint density at radius 3 is 2.60 bits per heavy atom. The Labute approximate surface area is 96.1 Å². The Balaban J connectivity index is 1.95. The molecule has 1 aliphatic carbocycles. The van der Waals surface area contributed by atoms with E-state index in [1.54, 1.807) is 0 Å². The molecular weight excluding hydrogens is 204 g/mol. The van der Waals surface area contributed by atoms with Gasteiger partial charge in [0.2, 0.25) is 0 Å². The maximum atomic E-state index is 4.47. The summed E-state index contributed by atoms with van der Waals surface area (Å²) in [6.07, 6.45) is 2.76. The zero-order valence-electron chi connectivity index (χ0n) is 10.1. The van der Waals surface area contributed by atoms with Crippen molar-refractivity contribution in [2.24, 2.45) is 5.41 Å². The Bertz CT molecular complexity index is 353. The Morgan fingerprint density at radius 1 is 1.47 bits per heavy atom. The van der Waals surface area contributed by atoms with Gasteiger partial charge in [-0.15, -0.1) is 11.3 Å². The molecular formula is C12H20N2S. The number of nitrogens with zero attached hydrogens (tertiary/aromatic N) is 1. The van der Waals surface area contributed by atoms with Crippen LogP contribution in [0.25, 0.3) is 0 Å². The van der Waals surface area contributed by atoms with E-state index in [-0.39, 0.29) is 0 Å². The SMILES string of the molecule is Cc1nc(C)c(C(C)NCC2(C)CC2)s1. The quantitative estimate of drug-likeness (QED) is 0.849. The highest BCUT2D eigenvalue weighted by atomic mass is 32.1. The van der Waals surface area contributed by atoms with Gasteiger partial charge in [0.15, 0.2) is 0 Å². The van der Waals surface area contributed by atoms with Gasteiger partial charge in [0.05, 0.1) is 10.7 Å². The predicted octanol–water partition coefficient (Wildman–Crippen LogP) is 3.21. The minimum Gasteiger partial charge on any atom is -0.309 e. The maximum Gasteiger partial charge on any atom is 0.0900 e. The molecule has 1 N–H and O–H groups in total. The second-order valence-electron chi connectivity index (χ2n) is 5.10. The summed E-state index contributed by atoms with van der Waals surface area (Å²) in [4.78, 5) is 5.87. The van der Waals surface area contributed by atoms with Gasteiger partial charge in [-0.1, -0.05) is 6.92 Å². The van der Waals surface area contributed by atoms with Gasteiger partial charge in [-0.3, -0.25) is 0 Å². The molecule has 0 saturated heterocycles. The fourth-order valence-corrected chi connectivity index (χ4v) is 2.79. The van der Waals surface area contributed by atoms with E-state index in [2.05, 4.69) is 38.0 Å². The van der Waals surface area contributed by atoms with Crippen molar-refractivity contribution in [1.82, 2.24) is 10.3 Å². The molecule has 0 spiro atoms. The lowest BCUT2D eigenvalue weighted by molar-refractivity contribution is 0.459. The first kappa shape index (κ1) is 11.1. The molecule has 1 unspecified atom stereocenters. The first-order valence-corrected chi connectivity index (χ1v) is 6.49. The molecule has 1 atom stereocenters. The van der Waals surface area contributed by atoms with Crippen LogP contribution in [0.15, 0.2) is 0 Å². The van der Waals surface area contributed by atoms with Crippen LogP contribution in [0.2, 0.25) is 0 Å². The van der Waals surface area contributed by atoms with Crippen molar-refractivity contribution < 1.29 is 0 Å². The standard InChI is InChI=1S/C12H20N2S/c1-8(13-7-12(4)5-6-12)11-9(2)14-10(3)15-11/h8,13H,5-7H2,1-4H3. The molecule has 1 aromatic rings. The van der Waals surface area contributed by atoms with Crippen LogP contribution in [-0.2, 0) is 0 Å². The summed E-state index contributed by atoms with van der Waals surface area (Å²) in [5.41, 5.74) is 1.78. The molecule has 0 amide bonds. The van der Waals surface area contributed by atoms with Crippen molar-refractivity contribution in [2.45, 2.75) is 46.6 Å². The van der Waals surface area contributed by atoms with Crippen LogP contribution >= 0.6 is 11.3 Å². The number of thiazole rings is 1. The number of aromatic nitrogens is 1. The van der Waals surface area contributed by atoms with Crippen molar-refractivity contribution in [3.8, 4) is 0 Å². The van der Waals surface area contributed by atoms with Crippen molar-refractivity contribution in [3.63, 3.8) is 0 Å². The third-order valence-corrected chi connectivity index (χ3v) is 4.53. The number of nitrogens with one attached hydrogen (secondary N) is 1. The van der Waals surface area contributed by atoms with Crippen molar-refractivity contribution in [2.75, 3.05) is 6.54 Å². The van der Waals surface area contributed by atoms with Crippen LogP contribution in [0, 0.1) is 19.3 Å². The normalized spacial score (nSPS) is 20.3. The lowest BCUT2D eigenvalue weighted by Gasteiger charge is -2.16. The van der Waals surface area contributed by atoms with Gasteiger partial charge in [-0.2, -0.15) is 0 Å².